The maximum Gasteiger partial charge on any atom is 0.343 e. The molecule has 0 fully saturated rings. The van der Waals surface area contributed by atoms with Gasteiger partial charge in [0.1, 0.15) is 0 Å². The van der Waals surface area contributed by atoms with Gasteiger partial charge in [-0.15, -0.1) is 0 Å². The van der Waals surface area contributed by atoms with Crippen LogP contribution >= 0.6 is 0 Å². The first-order chi connectivity index (χ1) is 16.5. The molecule has 0 atom stereocenters. The van der Waals surface area contributed by atoms with Gasteiger partial charge in [0.05, 0.1) is 34.1 Å². The number of rotatable bonds is 7. The second-order valence-electron chi connectivity index (χ2n) is 8.72. The van der Waals surface area contributed by atoms with Gasteiger partial charge >= 0.3 is 5.97 Å². The Hall–Kier alpha value is -4.53. The lowest BCUT2D eigenvalue weighted by atomic mass is 9.87. The third-order valence-corrected chi connectivity index (χ3v) is 5.25. The normalized spacial score (nSPS) is 11.3. The molecular formula is C26H24N2O7. The summed E-state index contributed by atoms with van der Waals surface area (Å²) < 4.78 is 10.9. The minimum absolute atomic E-state index is 0.0378. The number of carbonyl (C=O) groups is 1. The molecule has 0 unspecified atom stereocenters. The Morgan fingerprint density at radius 1 is 0.857 bits per heavy atom. The number of nitrogens with zero attached hydrogens (tertiary/aromatic N) is 2. The molecule has 0 aliphatic heterocycles. The highest BCUT2D eigenvalue weighted by atomic mass is 16.6. The molecule has 0 heterocycles. The molecule has 0 aliphatic carbocycles. The Kier molecular flexibility index (Phi) is 7.29. The fraction of sp³-hybridized carbons (Fsp3) is 0.192. The van der Waals surface area contributed by atoms with Gasteiger partial charge < -0.3 is 9.47 Å². The Morgan fingerprint density at radius 3 is 2.11 bits per heavy atom. The number of non-ortho nitro benzene ring substituents is 1. The van der Waals surface area contributed by atoms with Gasteiger partial charge in [-0.3, -0.25) is 20.2 Å². The van der Waals surface area contributed by atoms with Crippen molar-refractivity contribution in [3.05, 3.63) is 103 Å². The SMILES string of the molecule is COc1cc(C=Cc2ccc([N+](=O)[O-])cc2[N+](=O)[O-])ccc1OC(=O)c1ccc(C(C)(C)C)cc1. The molecule has 3 aromatic carbocycles. The fourth-order valence-electron chi connectivity index (χ4n) is 3.27. The molecular weight excluding hydrogens is 452 g/mol. The minimum atomic E-state index is -0.690. The maximum absolute atomic E-state index is 12.6. The summed E-state index contributed by atoms with van der Waals surface area (Å²) >= 11 is 0. The zero-order chi connectivity index (χ0) is 25.8. The molecule has 0 bridgehead atoms. The molecule has 0 saturated carbocycles. The maximum atomic E-state index is 12.6. The highest BCUT2D eigenvalue weighted by molar-refractivity contribution is 5.91. The van der Waals surface area contributed by atoms with Gasteiger partial charge in [-0.05, 0) is 52.9 Å². The van der Waals surface area contributed by atoms with E-state index in [-0.39, 0.29) is 28.1 Å². The summed E-state index contributed by atoms with van der Waals surface area (Å²) in [6.07, 6.45) is 3.06. The van der Waals surface area contributed by atoms with Crippen molar-refractivity contribution in [3.8, 4) is 11.5 Å². The summed E-state index contributed by atoms with van der Waals surface area (Å²) in [6, 6.07) is 15.4. The first-order valence-electron chi connectivity index (χ1n) is 10.6. The average molecular weight is 476 g/mol. The van der Waals surface area contributed by atoms with Gasteiger partial charge in [0.2, 0.25) is 0 Å². The number of carbonyl (C=O) groups excluding carboxylic acids is 1. The van der Waals surface area contributed by atoms with Crippen LogP contribution in [-0.4, -0.2) is 22.9 Å². The van der Waals surface area contributed by atoms with Crippen molar-refractivity contribution < 1.29 is 24.1 Å². The lowest BCUT2D eigenvalue weighted by Crippen LogP contribution is -2.13. The number of ether oxygens (including phenoxy) is 2. The van der Waals surface area contributed by atoms with E-state index in [1.54, 1.807) is 36.4 Å². The highest BCUT2D eigenvalue weighted by Gasteiger charge is 2.18. The summed E-state index contributed by atoms with van der Waals surface area (Å²) in [5, 5.41) is 22.2. The molecule has 0 aliphatic rings. The van der Waals surface area contributed by atoms with Gasteiger partial charge in [-0.1, -0.05) is 45.0 Å². The quantitative estimate of drug-likeness (QED) is 0.131. The van der Waals surface area contributed by atoms with Gasteiger partial charge in [0, 0.05) is 6.07 Å². The molecule has 0 aromatic heterocycles. The van der Waals surface area contributed by atoms with Crippen molar-refractivity contribution in [2.45, 2.75) is 26.2 Å². The van der Waals surface area contributed by atoms with E-state index in [1.165, 1.54) is 25.3 Å². The van der Waals surface area contributed by atoms with Crippen molar-refractivity contribution in [2.24, 2.45) is 0 Å². The van der Waals surface area contributed by atoms with E-state index in [0.717, 1.165) is 11.6 Å². The molecule has 0 N–H and O–H groups in total. The predicted molar refractivity (Wildman–Crippen MR) is 132 cm³/mol. The van der Waals surface area contributed by atoms with Crippen LogP contribution in [0.5, 0.6) is 11.5 Å². The second-order valence-corrected chi connectivity index (χ2v) is 8.72. The monoisotopic (exact) mass is 476 g/mol. The van der Waals surface area contributed by atoms with Gasteiger partial charge in [0.25, 0.3) is 11.4 Å². The molecule has 35 heavy (non-hydrogen) atoms. The van der Waals surface area contributed by atoms with E-state index in [2.05, 4.69) is 20.8 Å². The number of methoxy groups -OCH3 is 1. The molecule has 0 amide bonds. The Labute approximate surface area is 201 Å². The zero-order valence-corrected chi connectivity index (χ0v) is 19.7. The number of nitro benzene ring substituents is 2. The third-order valence-electron chi connectivity index (χ3n) is 5.25. The summed E-state index contributed by atoms with van der Waals surface area (Å²) in [4.78, 5) is 33.5. The summed E-state index contributed by atoms with van der Waals surface area (Å²) in [5.41, 5.74) is 1.52. The fourth-order valence-corrected chi connectivity index (χ4v) is 3.27. The van der Waals surface area contributed by atoms with Crippen molar-refractivity contribution in [2.75, 3.05) is 7.11 Å². The van der Waals surface area contributed by atoms with Crippen LogP contribution in [0.4, 0.5) is 11.4 Å². The Balaban J connectivity index is 1.81. The number of hydrogen-bond donors (Lipinski definition) is 0. The summed E-state index contributed by atoms with van der Waals surface area (Å²) in [5.74, 6) is -0.0190. The van der Waals surface area contributed by atoms with Crippen molar-refractivity contribution in [3.63, 3.8) is 0 Å². The van der Waals surface area contributed by atoms with E-state index in [0.29, 0.717) is 16.9 Å². The molecule has 9 heteroatoms. The molecule has 0 radical (unpaired) electrons. The van der Waals surface area contributed by atoms with E-state index in [4.69, 9.17) is 9.47 Å². The van der Waals surface area contributed by atoms with Crippen LogP contribution in [-0.2, 0) is 5.41 Å². The van der Waals surface area contributed by atoms with Crippen LogP contribution in [0.3, 0.4) is 0 Å². The van der Waals surface area contributed by atoms with E-state index < -0.39 is 15.8 Å². The number of nitro groups is 2. The molecule has 9 nitrogen and oxygen atoms in total. The lowest BCUT2D eigenvalue weighted by Gasteiger charge is -2.19. The van der Waals surface area contributed by atoms with Gasteiger partial charge in [0.15, 0.2) is 11.5 Å². The van der Waals surface area contributed by atoms with Crippen molar-refractivity contribution >= 4 is 29.5 Å². The minimum Gasteiger partial charge on any atom is -0.493 e. The first kappa shape index (κ1) is 25.1. The van der Waals surface area contributed by atoms with Crippen molar-refractivity contribution in [1.82, 2.24) is 0 Å². The van der Waals surface area contributed by atoms with Crippen LogP contribution in [0.25, 0.3) is 12.2 Å². The molecule has 3 aromatic rings. The summed E-state index contributed by atoms with van der Waals surface area (Å²) in [7, 11) is 1.43. The van der Waals surface area contributed by atoms with Crippen molar-refractivity contribution in [1.29, 1.82) is 0 Å². The van der Waals surface area contributed by atoms with Crippen LogP contribution in [0.2, 0.25) is 0 Å². The number of esters is 1. The lowest BCUT2D eigenvalue weighted by molar-refractivity contribution is -0.394. The van der Waals surface area contributed by atoms with E-state index >= 15 is 0 Å². The standard InChI is InChI=1S/C26H24N2O7/c1-26(2,3)20-11-8-19(9-12-20)25(29)35-23-14-6-17(15-24(23)34-4)5-7-18-10-13-21(27(30)31)16-22(18)28(32)33/h5-16H,1-4H3. The Bertz CT molecular complexity index is 1310. The van der Waals surface area contributed by atoms with Crippen LogP contribution in [0.1, 0.15) is 47.8 Å². The first-order valence-corrected chi connectivity index (χ1v) is 10.6. The molecule has 0 spiro atoms. The number of hydrogen-bond acceptors (Lipinski definition) is 7. The van der Waals surface area contributed by atoms with Crippen LogP contribution < -0.4 is 9.47 Å². The third kappa shape index (κ3) is 6.08. The summed E-state index contributed by atoms with van der Waals surface area (Å²) in [6.45, 7) is 6.25. The van der Waals surface area contributed by atoms with E-state index in [1.807, 2.05) is 12.1 Å². The molecule has 3 rings (SSSR count). The second kappa shape index (κ2) is 10.2. The van der Waals surface area contributed by atoms with Gasteiger partial charge in [-0.2, -0.15) is 0 Å². The van der Waals surface area contributed by atoms with Crippen LogP contribution in [0.15, 0.2) is 60.7 Å². The highest BCUT2D eigenvalue weighted by Crippen LogP contribution is 2.31. The smallest absolute Gasteiger partial charge is 0.343 e. The van der Waals surface area contributed by atoms with Gasteiger partial charge in [-0.25, -0.2) is 4.79 Å². The van der Waals surface area contributed by atoms with Crippen LogP contribution in [0, 0.1) is 20.2 Å². The Morgan fingerprint density at radius 2 is 1.54 bits per heavy atom. The predicted octanol–water partition coefficient (Wildman–Crippen LogP) is 6.20. The average Bonchev–Trinajstić information content (AvgIpc) is 2.82. The number of benzene rings is 3. The topological polar surface area (TPSA) is 122 Å². The van der Waals surface area contributed by atoms with E-state index in [9.17, 15) is 25.0 Å². The zero-order valence-electron chi connectivity index (χ0n) is 19.7. The molecule has 180 valence electrons. The largest absolute Gasteiger partial charge is 0.493 e. The molecule has 0 saturated heterocycles.